The lowest BCUT2D eigenvalue weighted by Crippen LogP contribution is -2.35. The quantitative estimate of drug-likeness (QED) is 0.778. The summed E-state index contributed by atoms with van der Waals surface area (Å²) in [6.07, 6.45) is 4.37. The van der Waals surface area contributed by atoms with Crippen molar-refractivity contribution in [1.29, 1.82) is 0 Å². The minimum atomic E-state index is -0.0104. The number of rotatable bonds is 2. The summed E-state index contributed by atoms with van der Waals surface area (Å²) in [6, 6.07) is 0. The van der Waals surface area contributed by atoms with Crippen LogP contribution in [0.25, 0.3) is 0 Å². The van der Waals surface area contributed by atoms with Crippen molar-refractivity contribution in [3.63, 3.8) is 0 Å². The molecule has 3 rings (SSSR count). The molecule has 0 aromatic rings. The molecule has 2 saturated carbocycles. The smallest absolute Gasteiger partial charge is 0.245 e. The summed E-state index contributed by atoms with van der Waals surface area (Å²) in [4.78, 5) is 12.0. The van der Waals surface area contributed by atoms with Crippen LogP contribution in [0.3, 0.4) is 0 Å². The highest BCUT2D eigenvalue weighted by molar-refractivity contribution is 5.95. The average molecular weight is 264 g/mol. The van der Waals surface area contributed by atoms with Gasteiger partial charge >= 0.3 is 0 Å². The molecule has 2 aliphatic carbocycles. The van der Waals surface area contributed by atoms with Crippen molar-refractivity contribution in [3.05, 3.63) is 0 Å². The van der Waals surface area contributed by atoms with Gasteiger partial charge in [0, 0.05) is 17.7 Å². The number of fused-ring (bicyclic) bond motifs is 2. The molecule has 1 aliphatic heterocycles. The van der Waals surface area contributed by atoms with Crippen LogP contribution in [0, 0.1) is 22.7 Å². The summed E-state index contributed by atoms with van der Waals surface area (Å²) in [5, 5.41) is 4.48. The van der Waals surface area contributed by atoms with E-state index in [-0.39, 0.29) is 17.2 Å². The van der Waals surface area contributed by atoms with Gasteiger partial charge in [0.2, 0.25) is 5.91 Å². The number of nitrogens with one attached hydrogen (secondary N) is 1. The van der Waals surface area contributed by atoms with E-state index in [1.807, 2.05) is 0 Å². The van der Waals surface area contributed by atoms with Gasteiger partial charge in [0.1, 0.15) is 0 Å². The minimum absolute atomic E-state index is 0.0104. The fourth-order valence-corrected chi connectivity index (χ4v) is 4.05. The maximum Gasteiger partial charge on any atom is 0.245 e. The molecular weight excluding hydrogens is 240 g/mol. The summed E-state index contributed by atoms with van der Waals surface area (Å²) >= 11 is 0. The average Bonchev–Trinajstić information content (AvgIpc) is 3.01. The molecule has 106 valence electrons. The Morgan fingerprint density at radius 3 is 2.68 bits per heavy atom. The number of nitrogens with zero attached hydrogens (tertiary/aromatic N) is 1. The molecule has 3 unspecified atom stereocenters. The Hall–Kier alpha value is -0.900. The molecule has 3 atom stereocenters. The number of hydrogen-bond donors (Lipinski definition) is 1. The lowest BCUT2D eigenvalue weighted by Gasteiger charge is -2.34. The number of hydrogen-bond acceptors (Lipinski definition) is 3. The molecule has 3 fully saturated rings. The van der Waals surface area contributed by atoms with E-state index in [2.05, 4.69) is 31.3 Å². The Labute approximate surface area is 115 Å². The second-order valence-corrected chi connectivity index (χ2v) is 7.09. The topological polar surface area (TPSA) is 50.7 Å². The third-order valence-corrected chi connectivity index (χ3v) is 6.11. The molecule has 1 heterocycles. The zero-order chi connectivity index (χ0) is 13.7. The molecular formula is C15H24N2O2. The van der Waals surface area contributed by atoms with Gasteiger partial charge in [-0.25, -0.2) is 5.43 Å². The summed E-state index contributed by atoms with van der Waals surface area (Å²) in [5.74, 6) is 0.737. The zero-order valence-electron chi connectivity index (χ0n) is 12.2. The van der Waals surface area contributed by atoms with Crippen LogP contribution in [0.1, 0.15) is 46.5 Å². The van der Waals surface area contributed by atoms with E-state index in [0.29, 0.717) is 18.6 Å². The first-order chi connectivity index (χ1) is 8.95. The lowest BCUT2D eigenvalue weighted by molar-refractivity contribution is -0.124. The Balaban J connectivity index is 1.70. The Morgan fingerprint density at radius 2 is 2.16 bits per heavy atom. The first kappa shape index (κ1) is 13.1. The second kappa shape index (κ2) is 4.30. The highest BCUT2D eigenvalue weighted by Gasteiger charge is 2.60. The van der Waals surface area contributed by atoms with E-state index in [4.69, 9.17) is 4.74 Å². The van der Waals surface area contributed by atoms with E-state index < -0.39 is 0 Å². The first-order valence-electron chi connectivity index (χ1n) is 7.40. The SMILES string of the molecule is CC12CCC(C/C1=N\NC(=O)C1CCOC1)C2(C)C. The van der Waals surface area contributed by atoms with E-state index in [1.54, 1.807) is 0 Å². The van der Waals surface area contributed by atoms with Crippen molar-refractivity contribution in [2.75, 3.05) is 13.2 Å². The van der Waals surface area contributed by atoms with Crippen molar-refractivity contribution < 1.29 is 9.53 Å². The van der Waals surface area contributed by atoms with E-state index in [9.17, 15) is 4.79 Å². The third-order valence-electron chi connectivity index (χ3n) is 6.11. The van der Waals surface area contributed by atoms with Crippen LogP contribution >= 0.6 is 0 Å². The fraction of sp³-hybridized carbons (Fsp3) is 0.867. The number of hydrazone groups is 1. The summed E-state index contributed by atoms with van der Waals surface area (Å²) in [7, 11) is 0. The number of ether oxygens (including phenoxy) is 1. The standard InChI is InChI=1S/C15H24N2O2/c1-14(2)11-4-6-15(14,3)12(8-11)16-17-13(18)10-5-7-19-9-10/h10-11H,4-9H2,1-3H3,(H,17,18)/b16-12+. The third kappa shape index (κ3) is 1.83. The maximum atomic E-state index is 12.0. The Kier molecular flexibility index (Phi) is 2.97. The highest BCUT2D eigenvalue weighted by Crippen LogP contribution is 2.63. The molecule has 2 bridgehead atoms. The van der Waals surface area contributed by atoms with E-state index >= 15 is 0 Å². The predicted octanol–water partition coefficient (Wildman–Crippen LogP) is 2.34. The Morgan fingerprint density at radius 1 is 1.37 bits per heavy atom. The van der Waals surface area contributed by atoms with Crippen molar-refractivity contribution in [3.8, 4) is 0 Å². The number of carbonyl (C=O) groups is 1. The molecule has 4 heteroatoms. The number of carbonyl (C=O) groups excluding carboxylic acids is 1. The summed E-state index contributed by atoms with van der Waals surface area (Å²) in [5.41, 5.74) is 4.46. The maximum absolute atomic E-state index is 12.0. The van der Waals surface area contributed by atoms with Gasteiger partial charge in [-0.2, -0.15) is 5.10 Å². The van der Waals surface area contributed by atoms with Gasteiger partial charge in [0.15, 0.2) is 0 Å². The van der Waals surface area contributed by atoms with Crippen LogP contribution in [0.4, 0.5) is 0 Å². The van der Waals surface area contributed by atoms with Crippen molar-refractivity contribution in [2.45, 2.75) is 46.5 Å². The molecule has 19 heavy (non-hydrogen) atoms. The van der Waals surface area contributed by atoms with Crippen LogP contribution in [-0.2, 0) is 9.53 Å². The van der Waals surface area contributed by atoms with Gasteiger partial charge in [-0.3, -0.25) is 4.79 Å². The zero-order valence-corrected chi connectivity index (χ0v) is 12.2. The van der Waals surface area contributed by atoms with Crippen molar-refractivity contribution >= 4 is 11.6 Å². The minimum Gasteiger partial charge on any atom is -0.381 e. The van der Waals surface area contributed by atoms with Crippen LogP contribution in [0.2, 0.25) is 0 Å². The van der Waals surface area contributed by atoms with Gasteiger partial charge in [-0.05, 0) is 37.0 Å². The molecule has 0 radical (unpaired) electrons. The summed E-state index contributed by atoms with van der Waals surface area (Å²) < 4.78 is 5.24. The summed E-state index contributed by atoms with van der Waals surface area (Å²) in [6.45, 7) is 8.24. The molecule has 0 aromatic carbocycles. The fourth-order valence-electron chi connectivity index (χ4n) is 4.05. The Bertz CT molecular complexity index is 424. The van der Waals surface area contributed by atoms with Gasteiger partial charge in [-0.1, -0.05) is 20.8 Å². The van der Waals surface area contributed by atoms with Gasteiger partial charge in [-0.15, -0.1) is 0 Å². The molecule has 0 spiro atoms. The van der Waals surface area contributed by atoms with Crippen LogP contribution in [0.15, 0.2) is 5.10 Å². The van der Waals surface area contributed by atoms with Crippen LogP contribution in [0.5, 0.6) is 0 Å². The second-order valence-electron chi connectivity index (χ2n) is 7.09. The number of amides is 1. The van der Waals surface area contributed by atoms with E-state index in [1.165, 1.54) is 18.6 Å². The predicted molar refractivity (Wildman–Crippen MR) is 73.7 cm³/mol. The normalized spacial score (nSPS) is 41.9. The monoisotopic (exact) mass is 264 g/mol. The van der Waals surface area contributed by atoms with Gasteiger partial charge in [0.05, 0.1) is 12.5 Å². The van der Waals surface area contributed by atoms with Gasteiger partial charge in [0.25, 0.3) is 0 Å². The molecule has 1 amide bonds. The van der Waals surface area contributed by atoms with Crippen LogP contribution in [-0.4, -0.2) is 24.8 Å². The van der Waals surface area contributed by atoms with E-state index in [0.717, 1.165) is 18.8 Å². The highest BCUT2D eigenvalue weighted by atomic mass is 16.5. The van der Waals surface area contributed by atoms with Crippen molar-refractivity contribution in [2.24, 2.45) is 27.8 Å². The van der Waals surface area contributed by atoms with Crippen molar-refractivity contribution in [1.82, 2.24) is 5.43 Å². The lowest BCUT2D eigenvalue weighted by atomic mass is 9.70. The van der Waals surface area contributed by atoms with Gasteiger partial charge < -0.3 is 4.74 Å². The largest absolute Gasteiger partial charge is 0.381 e. The molecule has 3 aliphatic rings. The molecule has 1 saturated heterocycles. The molecule has 1 N–H and O–H groups in total. The molecule has 4 nitrogen and oxygen atoms in total. The van der Waals surface area contributed by atoms with Crippen LogP contribution < -0.4 is 5.43 Å². The molecule has 0 aromatic heterocycles. The first-order valence-corrected chi connectivity index (χ1v) is 7.40.